The minimum absolute atomic E-state index is 0.0561. The molecule has 0 rings (SSSR count). The molecule has 1 N–H and O–H groups in total. The molecule has 0 aromatic heterocycles. The summed E-state index contributed by atoms with van der Waals surface area (Å²) < 4.78 is 0. The number of unbranched alkanes of at least 4 members (excludes halogenated alkanes) is 1. The molecule has 0 bridgehead atoms. The summed E-state index contributed by atoms with van der Waals surface area (Å²) in [7, 11) is 2.13. The second-order valence-electron chi connectivity index (χ2n) is 5.26. The predicted molar refractivity (Wildman–Crippen MR) is 77.6 cm³/mol. The topological polar surface area (TPSA) is 32.3 Å². The van der Waals surface area contributed by atoms with Crippen molar-refractivity contribution in [3.8, 4) is 0 Å². The first kappa shape index (κ1) is 16.8. The first-order valence-corrected chi connectivity index (χ1v) is 7.04. The summed E-state index contributed by atoms with van der Waals surface area (Å²) >= 11 is 4.28. The van der Waals surface area contributed by atoms with E-state index in [2.05, 4.69) is 43.7 Å². The fraction of sp³-hybridized carbons (Fsp3) is 0.923. The summed E-state index contributed by atoms with van der Waals surface area (Å²) in [4.78, 5) is 13.9. The molecule has 1 amide bonds. The van der Waals surface area contributed by atoms with Crippen molar-refractivity contribution in [2.24, 2.45) is 5.92 Å². The van der Waals surface area contributed by atoms with E-state index in [9.17, 15) is 4.79 Å². The quantitative estimate of drug-likeness (QED) is 0.518. The van der Waals surface area contributed by atoms with Gasteiger partial charge in [-0.2, -0.15) is 12.6 Å². The molecular formula is C13H28N2OS. The monoisotopic (exact) mass is 260 g/mol. The minimum atomic E-state index is -0.187. The van der Waals surface area contributed by atoms with Crippen LogP contribution in [0.1, 0.15) is 40.5 Å². The SMILES string of the molecule is CC(C)C(S)C(=O)NCCCCN(C)C(C)C. The van der Waals surface area contributed by atoms with E-state index in [4.69, 9.17) is 0 Å². The molecule has 0 aliphatic heterocycles. The molecule has 0 saturated heterocycles. The molecule has 4 heteroatoms. The van der Waals surface area contributed by atoms with Crippen LogP contribution in [0, 0.1) is 5.92 Å². The van der Waals surface area contributed by atoms with Gasteiger partial charge < -0.3 is 10.2 Å². The maximum absolute atomic E-state index is 11.6. The van der Waals surface area contributed by atoms with Crippen molar-refractivity contribution in [2.45, 2.75) is 51.8 Å². The third-order valence-electron chi connectivity index (χ3n) is 3.02. The van der Waals surface area contributed by atoms with Crippen LogP contribution in [-0.4, -0.2) is 42.2 Å². The zero-order chi connectivity index (χ0) is 13.4. The van der Waals surface area contributed by atoms with Gasteiger partial charge in [-0.25, -0.2) is 0 Å². The highest BCUT2D eigenvalue weighted by Crippen LogP contribution is 2.08. The van der Waals surface area contributed by atoms with E-state index in [1.165, 1.54) is 0 Å². The zero-order valence-electron chi connectivity index (χ0n) is 11.9. The molecule has 0 spiro atoms. The maximum atomic E-state index is 11.6. The van der Waals surface area contributed by atoms with Gasteiger partial charge >= 0.3 is 0 Å². The summed E-state index contributed by atoms with van der Waals surface area (Å²) in [5.74, 6) is 0.339. The molecule has 0 aliphatic rings. The number of hydrogen-bond donors (Lipinski definition) is 2. The lowest BCUT2D eigenvalue weighted by atomic mass is 10.1. The van der Waals surface area contributed by atoms with Crippen LogP contribution in [0.15, 0.2) is 0 Å². The standard InChI is InChI=1S/C13H28N2OS/c1-10(2)12(17)13(16)14-8-6-7-9-15(5)11(3)4/h10-12,17H,6-9H2,1-5H3,(H,14,16). The first-order valence-electron chi connectivity index (χ1n) is 6.52. The molecule has 0 saturated carbocycles. The van der Waals surface area contributed by atoms with E-state index < -0.39 is 0 Å². The Hall–Kier alpha value is -0.220. The van der Waals surface area contributed by atoms with Crippen molar-refractivity contribution < 1.29 is 4.79 Å². The van der Waals surface area contributed by atoms with Crippen LogP contribution in [-0.2, 0) is 4.79 Å². The largest absolute Gasteiger partial charge is 0.355 e. The molecular weight excluding hydrogens is 232 g/mol. The molecule has 0 aromatic carbocycles. The van der Waals surface area contributed by atoms with Crippen molar-refractivity contribution >= 4 is 18.5 Å². The number of amides is 1. The van der Waals surface area contributed by atoms with Gasteiger partial charge in [0.1, 0.15) is 0 Å². The average molecular weight is 260 g/mol. The number of nitrogens with zero attached hydrogens (tertiary/aromatic N) is 1. The van der Waals surface area contributed by atoms with Gasteiger partial charge in [0.05, 0.1) is 5.25 Å². The molecule has 1 unspecified atom stereocenters. The third kappa shape index (κ3) is 7.66. The summed E-state index contributed by atoms with van der Waals surface area (Å²) in [5.41, 5.74) is 0. The van der Waals surface area contributed by atoms with Crippen LogP contribution in [0.3, 0.4) is 0 Å². The van der Waals surface area contributed by atoms with Gasteiger partial charge in [0.15, 0.2) is 0 Å². The lowest BCUT2D eigenvalue weighted by molar-refractivity contribution is -0.121. The van der Waals surface area contributed by atoms with E-state index >= 15 is 0 Å². The summed E-state index contributed by atoms with van der Waals surface area (Å²) in [6.45, 7) is 10.2. The second kappa shape index (κ2) is 8.81. The Morgan fingerprint density at radius 1 is 1.24 bits per heavy atom. The van der Waals surface area contributed by atoms with Gasteiger partial charge in [-0.1, -0.05) is 13.8 Å². The van der Waals surface area contributed by atoms with Crippen LogP contribution >= 0.6 is 12.6 Å². The Kier molecular flexibility index (Phi) is 8.70. The number of thiol groups is 1. The Morgan fingerprint density at radius 3 is 2.29 bits per heavy atom. The van der Waals surface area contributed by atoms with Crippen molar-refractivity contribution in [2.75, 3.05) is 20.1 Å². The molecule has 17 heavy (non-hydrogen) atoms. The lowest BCUT2D eigenvalue weighted by Gasteiger charge is -2.20. The smallest absolute Gasteiger partial charge is 0.233 e. The molecule has 1 atom stereocenters. The number of carbonyl (C=O) groups is 1. The lowest BCUT2D eigenvalue weighted by Crippen LogP contribution is -2.35. The van der Waals surface area contributed by atoms with Gasteiger partial charge in [0.25, 0.3) is 0 Å². The summed E-state index contributed by atoms with van der Waals surface area (Å²) in [6.07, 6.45) is 2.15. The number of nitrogens with one attached hydrogen (secondary N) is 1. The highest BCUT2D eigenvalue weighted by molar-refractivity contribution is 7.81. The zero-order valence-corrected chi connectivity index (χ0v) is 12.8. The van der Waals surface area contributed by atoms with Gasteiger partial charge in [0.2, 0.25) is 5.91 Å². The summed E-state index contributed by atoms with van der Waals surface area (Å²) in [5, 5.41) is 2.75. The molecule has 0 heterocycles. The average Bonchev–Trinajstić information content (AvgIpc) is 2.26. The molecule has 0 radical (unpaired) electrons. The van der Waals surface area contributed by atoms with Gasteiger partial charge in [-0.3, -0.25) is 4.79 Å². The predicted octanol–water partition coefficient (Wildman–Crippen LogP) is 2.18. The van der Waals surface area contributed by atoms with Crippen LogP contribution in [0.4, 0.5) is 0 Å². The van der Waals surface area contributed by atoms with E-state index in [1.807, 2.05) is 13.8 Å². The van der Waals surface area contributed by atoms with Crippen molar-refractivity contribution in [3.63, 3.8) is 0 Å². The molecule has 0 aromatic rings. The fourth-order valence-corrected chi connectivity index (χ4v) is 1.45. The van der Waals surface area contributed by atoms with Gasteiger partial charge in [-0.05, 0) is 46.2 Å². The van der Waals surface area contributed by atoms with E-state index in [0.29, 0.717) is 6.04 Å². The van der Waals surface area contributed by atoms with Gasteiger partial charge in [-0.15, -0.1) is 0 Å². The highest BCUT2D eigenvalue weighted by Gasteiger charge is 2.16. The van der Waals surface area contributed by atoms with E-state index in [0.717, 1.165) is 25.9 Å². The highest BCUT2D eigenvalue weighted by atomic mass is 32.1. The summed E-state index contributed by atoms with van der Waals surface area (Å²) in [6, 6.07) is 0.590. The molecule has 102 valence electrons. The molecule has 0 aliphatic carbocycles. The number of carbonyl (C=O) groups excluding carboxylic acids is 1. The van der Waals surface area contributed by atoms with E-state index in [1.54, 1.807) is 0 Å². The Balaban J connectivity index is 3.55. The van der Waals surface area contributed by atoms with E-state index in [-0.39, 0.29) is 17.1 Å². The minimum Gasteiger partial charge on any atom is -0.355 e. The van der Waals surface area contributed by atoms with Crippen molar-refractivity contribution in [1.82, 2.24) is 10.2 Å². The maximum Gasteiger partial charge on any atom is 0.233 e. The van der Waals surface area contributed by atoms with Crippen LogP contribution < -0.4 is 5.32 Å². The van der Waals surface area contributed by atoms with Crippen LogP contribution in [0.5, 0.6) is 0 Å². The number of hydrogen-bond acceptors (Lipinski definition) is 3. The normalized spacial score (nSPS) is 13.5. The van der Waals surface area contributed by atoms with Gasteiger partial charge in [0, 0.05) is 12.6 Å². The Bertz CT molecular complexity index is 219. The van der Waals surface area contributed by atoms with Crippen molar-refractivity contribution in [3.05, 3.63) is 0 Å². The Labute approximate surface area is 112 Å². The Morgan fingerprint density at radius 2 is 1.82 bits per heavy atom. The molecule has 3 nitrogen and oxygen atoms in total. The first-order chi connectivity index (χ1) is 7.86. The van der Waals surface area contributed by atoms with Crippen molar-refractivity contribution in [1.29, 1.82) is 0 Å². The second-order valence-corrected chi connectivity index (χ2v) is 5.82. The third-order valence-corrected chi connectivity index (χ3v) is 3.85. The fourth-order valence-electron chi connectivity index (χ4n) is 1.36. The van der Waals surface area contributed by atoms with Crippen LogP contribution in [0.2, 0.25) is 0 Å². The van der Waals surface area contributed by atoms with Crippen LogP contribution in [0.25, 0.3) is 0 Å². The number of rotatable bonds is 8. The molecule has 0 fully saturated rings.